The first-order valence-electron chi connectivity index (χ1n) is 7.55. The molecular weight excluding hydrogens is 262 g/mol. The summed E-state index contributed by atoms with van der Waals surface area (Å²) in [6.45, 7) is 2.77. The van der Waals surface area contributed by atoms with E-state index >= 15 is 0 Å². The van der Waals surface area contributed by atoms with Crippen molar-refractivity contribution in [3.05, 3.63) is 0 Å². The Labute approximate surface area is 122 Å². The van der Waals surface area contributed by atoms with Gasteiger partial charge in [0.25, 0.3) is 0 Å². The van der Waals surface area contributed by atoms with Gasteiger partial charge in [-0.25, -0.2) is 0 Å². The number of carbonyl (C=O) groups is 2. The van der Waals surface area contributed by atoms with Crippen molar-refractivity contribution in [2.45, 2.75) is 71.1 Å². The number of carbonyl (C=O) groups excluding carboxylic acids is 2. The van der Waals surface area contributed by atoms with Crippen LogP contribution in [0.5, 0.6) is 0 Å². The van der Waals surface area contributed by atoms with E-state index in [1.54, 1.807) is 0 Å². The summed E-state index contributed by atoms with van der Waals surface area (Å²) in [5.74, 6) is -0.601. The summed E-state index contributed by atoms with van der Waals surface area (Å²) < 4.78 is 0. The zero-order valence-corrected chi connectivity index (χ0v) is 12.9. The van der Waals surface area contributed by atoms with Crippen LogP contribution in [0.1, 0.15) is 71.1 Å². The Kier molecular flexibility index (Phi) is 12.3. The molecule has 0 saturated carbocycles. The second kappa shape index (κ2) is 12.6. The zero-order chi connectivity index (χ0) is 14.5. The molecule has 112 valence electrons. The molecule has 0 aliphatic carbocycles. The molecule has 0 radical (unpaired) electrons. The fraction of sp³-hybridized carbons (Fsp3) is 0.867. The molecule has 0 heterocycles. The van der Waals surface area contributed by atoms with Gasteiger partial charge in [0.15, 0.2) is 0 Å². The largest absolute Gasteiger partial charge is 0.330 e. The van der Waals surface area contributed by atoms with Gasteiger partial charge in [0, 0.05) is 6.42 Å². The average Bonchev–Trinajstić information content (AvgIpc) is 2.38. The number of nitrogens with two attached hydrogens (primary N) is 1. The minimum Gasteiger partial charge on any atom is -0.330 e. The summed E-state index contributed by atoms with van der Waals surface area (Å²) in [5, 5.41) is -0.506. The third-order valence-electron chi connectivity index (χ3n) is 3.39. The number of hydrogen-bond donors (Lipinski definition) is 1. The number of unbranched alkanes of at least 4 members (excludes halogenated alkanes) is 6. The quantitative estimate of drug-likeness (QED) is 0.318. The van der Waals surface area contributed by atoms with E-state index in [0.717, 1.165) is 25.7 Å². The van der Waals surface area contributed by atoms with Crippen molar-refractivity contribution < 1.29 is 9.59 Å². The molecule has 0 bridgehead atoms. The van der Waals surface area contributed by atoms with E-state index in [0.29, 0.717) is 19.4 Å². The lowest BCUT2D eigenvalue weighted by molar-refractivity contribution is -0.129. The molecule has 0 fully saturated rings. The van der Waals surface area contributed by atoms with Gasteiger partial charge in [0.1, 0.15) is 5.78 Å². The molecule has 0 rings (SSSR count). The number of rotatable bonds is 13. The van der Waals surface area contributed by atoms with E-state index in [4.69, 9.17) is 17.3 Å². The minimum atomic E-state index is -0.608. The monoisotopic (exact) mass is 289 g/mol. The Morgan fingerprint density at radius 2 is 1.63 bits per heavy atom. The lowest BCUT2D eigenvalue weighted by Crippen LogP contribution is -2.20. The van der Waals surface area contributed by atoms with Crippen molar-refractivity contribution in [3.63, 3.8) is 0 Å². The van der Waals surface area contributed by atoms with Crippen molar-refractivity contribution in [3.8, 4) is 0 Å². The summed E-state index contributed by atoms with van der Waals surface area (Å²) in [6, 6.07) is 0. The highest BCUT2D eigenvalue weighted by Gasteiger charge is 2.23. The summed E-state index contributed by atoms with van der Waals surface area (Å²) in [4.78, 5) is 23.2. The van der Waals surface area contributed by atoms with E-state index < -0.39 is 11.2 Å². The summed E-state index contributed by atoms with van der Waals surface area (Å²) >= 11 is 5.51. The van der Waals surface area contributed by atoms with Crippen molar-refractivity contribution in [1.29, 1.82) is 0 Å². The van der Waals surface area contributed by atoms with Crippen LogP contribution in [-0.4, -0.2) is 17.6 Å². The molecule has 0 aliphatic heterocycles. The van der Waals surface area contributed by atoms with Gasteiger partial charge in [-0.1, -0.05) is 45.4 Å². The van der Waals surface area contributed by atoms with Gasteiger partial charge in [-0.15, -0.1) is 0 Å². The maximum atomic E-state index is 11.9. The molecule has 0 amide bonds. The maximum absolute atomic E-state index is 11.9. The Hall–Kier alpha value is -0.410. The molecule has 3 nitrogen and oxygen atoms in total. The second-order valence-electron chi connectivity index (χ2n) is 5.13. The van der Waals surface area contributed by atoms with E-state index in [9.17, 15) is 9.59 Å². The highest BCUT2D eigenvalue weighted by molar-refractivity contribution is 6.65. The Balaban J connectivity index is 3.82. The van der Waals surface area contributed by atoms with Gasteiger partial charge in [0.05, 0.1) is 5.92 Å². The van der Waals surface area contributed by atoms with E-state index in [1.807, 2.05) is 0 Å². The topological polar surface area (TPSA) is 60.2 Å². The van der Waals surface area contributed by atoms with Crippen LogP contribution in [-0.2, 0) is 9.59 Å². The molecule has 0 aromatic carbocycles. The van der Waals surface area contributed by atoms with E-state index in [2.05, 4.69) is 6.92 Å². The predicted octanol–water partition coefficient (Wildman–Crippen LogP) is 3.82. The van der Waals surface area contributed by atoms with Crippen LogP contribution < -0.4 is 5.73 Å². The fourth-order valence-corrected chi connectivity index (χ4v) is 2.38. The molecular formula is C15H28ClNO2. The third kappa shape index (κ3) is 10.1. The van der Waals surface area contributed by atoms with Crippen LogP contribution in [0.25, 0.3) is 0 Å². The van der Waals surface area contributed by atoms with Gasteiger partial charge in [0.2, 0.25) is 5.24 Å². The SMILES string of the molecule is CCCCCCCCC(=O)C(CCCCN)C(=O)Cl. The first-order valence-corrected chi connectivity index (χ1v) is 7.93. The smallest absolute Gasteiger partial charge is 0.232 e. The molecule has 0 spiro atoms. The molecule has 0 aromatic rings. The molecule has 0 aromatic heterocycles. The standard InChI is InChI=1S/C15H28ClNO2/c1-2-3-4-5-6-7-11-14(18)13(15(16)19)10-8-9-12-17/h13H,2-12,17H2,1H3. The maximum Gasteiger partial charge on any atom is 0.232 e. The van der Waals surface area contributed by atoms with E-state index in [1.165, 1.54) is 25.7 Å². The molecule has 0 saturated heterocycles. The molecule has 0 aliphatic rings. The Morgan fingerprint density at radius 3 is 2.21 bits per heavy atom. The van der Waals surface area contributed by atoms with Crippen molar-refractivity contribution >= 4 is 22.6 Å². The Bertz CT molecular complexity index is 257. The van der Waals surface area contributed by atoms with Crippen LogP contribution in [0.4, 0.5) is 0 Å². The second-order valence-corrected chi connectivity index (χ2v) is 5.50. The fourth-order valence-electron chi connectivity index (χ4n) is 2.15. The molecule has 1 unspecified atom stereocenters. The van der Waals surface area contributed by atoms with E-state index in [-0.39, 0.29) is 5.78 Å². The third-order valence-corrected chi connectivity index (χ3v) is 3.65. The molecule has 1 atom stereocenters. The van der Waals surface area contributed by atoms with Gasteiger partial charge in [-0.2, -0.15) is 0 Å². The van der Waals surface area contributed by atoms with Crippen LogP contribution >= 0.6 is 11.6 Å². The number of Topliss-reactive ketones (excluding diaryl/α,β-unsaturated/α-hetero) is 1. The number of halogens is 1. The number of hydrogen-bond acceptors (Lipinski definition) is 3. The highest BCUT2D eigenvalue weighted by Crippen LogP contribution is 2.17. The van der Waals surface area contributed by atoms with Crippen LogP contribution in [0, 0.1) is 5.92 Å². The lowest BCUT2D eigenvalue weighted by atomic mass is 9.94. The molecule has 19 heavy (non-hydrogen) atoms. The van der Waals surface area contributed by atoms with Gasteiger partial charge >= 0.3 is 0 Å². The van der Waals surface area contributed by atoms with Crippen LogP contribution in [0.15, 0.2) is 0 Å². The number of ketones is 1. The predicted molar refractivity (Wildman–Crippen MR) is 80.3 cm³/mol. The van der Waals surface area contributed by atoms with Crippen molar-refractivity contribution in [1.82, 2.24) is 0 Å². The summed E-state index contributed by atoms with van der Waals surface area (Å²) in [6.07, 6.45) is 9.50. The van der Waals surface area contributed by atoms with Crippen molar-refractivity contribution in [2.24, 2.45) is 11.7 Å². The average molecular weight is 290 g/mol. The lowest BCUT2D eigenvalue weighted by Gasteiger charge is -2.11. The zero-order valence-electron chi connectivity index (χ0n) is 12.1. The highest BCUT2D eigenvalue weighted by atomic mass is 35.5. The normalized spacial score (nSPS) is 12.4. The van der Waals surface area contributed by atoms with Crippen LogP contribution in [0.2, 0.25) is 0 Å². The summed E-state index contributed by atoms with van der Waals surface area (Å²) in [7, 11) is 0. The summed E-state index contributed by atoms with van der Waals surface area (Å²) in [5.41, 5.74) is 5.40. The van der Waals surface area contributed by atoms with Crippen molar-refractivity contribution in [2.75, 3.05) is 6.54 Å². The van der Waals surface area contributed by atoms with Gasteiger partial charge < -0.3 is 5.73 Å². The first kappa shape index (κ1) is 18.6. The Morgan fingerprint density at radius 1 is 1.00 bits per heavy atom. The minimum absolute atomic E-state index is 0.00696. The molecule has 2 N–H and O–H groups in total. The van der Waals surface area contributed by atoms with Gasteiger partial charge in [-0.3, -0.25) is 9.59 Å². The van der Waals surface area contributed by atoms with Crippen LogP contribution in [0.3, 0.4) is 0 Å². The first-order chi connectivity index (χ1) is 9.13. The van der Waals surface area contributed by atoms with Gasteiger partial charge in [-0.05, 0) is 37.4 Å². The molecule has 4 heteroatoms.